The van der Waals surface area contributed by atoms with Crippen LogP contribution in [0.4, 0.5) is 4.39 Å². The minimum Gasteiger partial charge on any atom is -0.306 e. The van der Waals surface area contributed by atoms with E-state index >= 15 is 0 Å². The number of pyridine rings is 1. The zero-order valence-corrected chi connectivity index (χ0v) is 17.5. The van der Waals surface area contributed by atoms with Crippen molar-refractivity contribution in [2.75, 3.05) is 13.1 Å². The lowest BCUT2D eigenvalue weighted by atomic mass is 10.0. The standard InChI is InChI=1S/C23H21FN2O4S/c24-20-5-3-4-19(14-20)17-6-8-18(9-7-17)22(27)16-25-15-21(10-11-23(25)28)31(29,30)26-12-1-2-13-26/h3-11,14-15H,1-2,12-13,16H2. The van der Waals surface area contributed by atoms with Crippen LogP contribution in [0.2, 0.25) is 0 Å². The molecule has 1 fully saturated rings. The summed E-state index contributed by atoms with van der Waals surface area (Å²) in [5.74, 6) is -0.676. The number of aromatic nitrogens is 1. The highest BCUT2D eigenvalue weighted by molar-refractivity contribution is 7.89. The van der Waals surface area contributed by atoms with Crippen molar-refractivity contribution in [2.24, 2.45) is 0 Å². The molecule has 0 unspecified atom stereocenters. The molecule has 8 heteroatoms. The van der Waals surface area contributed by atoms with Gasteiger partial charge in [0.05, 0.1) is 11.4 Å². The van der Waals surface area contributed by atoms with Crippen LogP contribution >= 0.6 is 0 Å². The highest BCUT2D eigenvalue weighted by Gasteiger charge is 2.27. The van der Waals surface area contributed by atoms with Crippen LogP contribution in [0, 0.1) is 5.82 Å². The summed E-state index contributed by atoms with van der Waals surface area (Å²) in [4.78, 5) is 24.9. The lowest BCUT2D eigenvalue weighted by Crippen LogP contribution is -2.30. The molecule has 1 saturated heterocycles. The van der Waals surface area contributed by atoms with Gasteiger partial charge in [0.25, 0.3) is 5.56 Å². The average molecular weight is 440 g/mol. The molecular formula is C23H21FN2O4S. The fourth-order valence-corrected chi connectivity index (χ4v) is 5.16. The molecule has 160 valence electrons. The molecule has 1 aliphatic heterocycles. The van der Waals surface area contributed by atoms with Gasteiger partial charge >= 0.3 is 0 Å². The SMILES string of the molecule is O=C(Cn1cc(S(=O)(=O)N2CCCC2)ccc1=O)c1ccc(-c2cccc(F)c2)cc1. The molecule has 0 N–H and O–H groups in total. The first-order chi connectivity index (χ1) is 14.8. The minimum atomic E-state index is -3.69. The molecule has 1 aromatic heterocycles. The molecule has 2 aromatic carbocycles. The molecule has 0 saturated carbocycles. The number of carbonyl (C=O) groups is 1. The molecule has 4 rings (SSSR count). The van der Waals surface area contributed by atoms with Crippen LogP contribution in [-0.2, 0) is 16.6 Å². The number of carbonyl (C=O) groups excluding carboxylic acids is 1. The number of Topliss-reactive ketones (excluding diaryl/α,β-unsaturated/α-hetero) is 1. The van der Waals surface area contributed by atoms with E-state index < -0.39 is 15.6 Å². The van der Waals surface area contributed by atoms with Gasteiger partial charge in [0, 0.05) is 30.9 Å². The van der Waals surface area contributed by atoms with Gasteiger partial charge in [0.15, 0.2) is 5.78 Å². The Hall–Kier alpha value is -3.10. The molecule has 1 aliphatic rings. The molecule has 0 amide bonds. The number of rotatable bonds is 6. The van der Waals surface area contributed by atoms with Gasteiger partial charge in [-0.05, 0) is 42.2 Å². The number of sulfonamides is 1. The summed E-state index contributed by atoms with van der Waals surface area (Å²) < 4.78 is 41.4. The second-order valence-corrected chi connectivity index (χ2v) is 9.39. The third-order valence-corrected chi connectivity index (χ3v) is 7.22. The third-order valence-electron chi connectivity index (χ3n) is 5.34. The largest absolute Gasteiger partial charge is 0.306 e. The summed E-state index contributed by atoms with van der Waals surface area (Å²) in [7, 11) is -3.69. The molecule has 0 bridgehead atoms. The van der Waals surface area contributed by atoms with Crippen molar-refractivity contribution in [2.45, 2.75) is 24.3 Å². The Labute approximate surface area is 179 Å². The maximum absolute atomic E-state index is 13.4. The van der Waals surface area contributed by atoms with Gasteiger partial charge in [-0.1, -0.05) is 36.4 Å². The van der Waals surface area contributed by atoms with E-state index in [9.17, 15) is 22.4 Å². The predicted octanol–water partition coefficient (Wildman–Crippen LogP) is 3.32. The summed E-state index contributed by atoms with van der Waals surface area (Å²) in [6, 6.07) is 15.2. The van der Waals surface area contributed by atoms with Gasteiger partial charge in [-0.3, -0.25) is 9.59 Å². The molecule has 6 nitrogen and oxygen atoms in total. The first-order valence-corrected chi connectivity index (χ1v) is 11.4. The van der Waals surface area contributed by atoms with E-state index in [-0.39, 0.29) is 23.0 Å². The van der Waals surface area contributed by atoms with Gasteiger partial charge in [-0.25, -0.2) is 12.8 Å². The van der Waals surface area contributed by atoms with Crippen molar-refractivity contribution in [3.05, 3.63) is 88.6 Å². The van der Waals surface area contributed by atoms with Crippen molar-refractivity contribution in [3.63, 3.8) is 0 Å². The van der Waals surface area contributed by atoms with Gasteiger partial charge in [0.1, 0.15) is 5.82 Å². The number of hydrogen-bond donors (Lipinski definition) is 0. The summed E-state index contributed by atoms with van der Waals surface area (Å²) in [6.07, 6.45) is 2.85. The van der Waals surface area contributed by atoms with Gasteiger partial charge in [-0.15, -0.1) is 0 Å². The summed E-state index contributed by atoms with van der Waals surface area (Å²) in [6.45, 7) is 0.637. The highest BCUT2D eigenvalue weighted by atomic mass is 32.2. The van der Waals surface area contributed by atoms with Crippen molar-refractivity contribution < 1.29 is 17.6 Å². The third kappa shape index (κ3) is 4.50. The van der Waals surface area contributed by atoms with Crippen LogP contribution in [-0.4, -0.2) is 36.2 Å². The quantitative estimate of drug-likeness (QED) is 0.551. The van der Waals surface area contributed by atoms with Crippen LogP contribution in [0.25, 0.3) is 11.1 Å². The minimum absolute atomic E-state index is 0.00301. The molecule has 31 heavy (non-hydrogen) atoms. The Morgan fingerprint density at radius 3 is 2.32 bits per heavy atom. The molecule has 0 radical (unpaired) electrons. The fourth-order valence-electron chi connectivity index (χ4n) is 3.63. The van der Waals surface area contributed by atoms with E-state index in [4.69, 9.17) is 0 Å². The summed E-state index contributed by atoms with van der Waals surface area (Å²) in [5, 5.41) is 0. The van der Waals surface area contributed by atoms with E-state index in [2.05, 4.69) is 0 Å². The first kappa shape index (κ1) is 21.1. The molecule has 3 aromatic rings. The molecule has 0 spiro atoms. The van der Waals surface area contributed by atoms with Crippen LogP contribution in [0.15, 0.2) is 76.6 Å². The lowest BCUT2D eigenvalue weighted by molar-refractivity contribution is 0.0970. The van der Waals surface area contributed by atoms with Gasteiger partial charge in [0.2, 0.25) is 10.0 Å². The second kappa shape index (κ2) is 8.56. The summed E-state index contributed by atoms with van der Waals surface area (Å²) >= 11 is 0. The van der Waals surface area contributed by atoms with Crippen LogP contribution in [0.5, 0.6) is 0 Å². The predicted molar refractivity (Wildman–Crippen MR) is 115 cm³/mol. The number of hydrogen-bond acceptors (Lipinski definition) is 4. The normalized spacial score (nSPS) is 14.6. The Balaban J connectivity index is 1.55. The zero-order chi connectivity index (χ0) is 22.0. The lowest BCUT2D eigenvalue weighted by Gasteiger charge is -2.16. The van der Waals surface area contributed by atoms with Crippen molar-refractivity contribution in [1.82, 2.24) is 8.87 Å². The van der Waals surface area contributed by atoms with E-state index in [1.807, 2.05) is 0 Å². The van der Waals surface area contributed by atoms with Crippen LogP contribution in [0.3, 0.4) is 0 Å². The van der Waals surface area contributed by atoms with Gasteiger partial charge in [-0.2, -0.15) is 4.31 Å². The average Bonchev–Trinajstić information content (AvgIpc) is 3.31. The highest BCUT2D eigenvalue weighted by Crippen LogP contribution is 2.22. The van der Waals surface area contributed by atoms with Crippen LogP contribution in [0.1, 0.15) is 23.2 Å². The second-order valence-electron chi connectivity index (χ2n) is 7.45. The fraction of sp³-hybridized carbons (Fsp3) is 0.217. The monoisotopic (exact) mass is 440 g/mol. The Kier molecular flexibility index (Phi) is 5.84. The smallest absolute Gasteiger partial charge is 0.251 e. The van der Waals surface area contributed by atoms with Crippen molar-refractivity contribution in [3.8, 4) is 11.1 Å². The molecule has 0 atom stereocenters. The Morgan fingerprint density at radius 2 is 1.65 bits per heavy atom. The number of halogens is 1. The number of nitrogens with zero attached hydrogens (tertiary/aromatic N) is 2. The zero-order valence-electron chi connectivity index (χ0n) is 16.7. The van der Waals surface area contributed by atoms with E-state index in [1.54, 1.807) is 36.4 Å². The number of benzene rings is 2. The van der Waals surface area contributed by atoms with E-state index in [0.29, 0.717) is 24.2 Å². The molecule has 2 heterocycles. The molecule has 0 aliphatic carbocycles. The maximum Gasteiger partial charge on any atom is 0.251 e. The van der Waals surface area contributed by atoms with E-state index in [0.717, 1.165) is 23.0 Å². The van der Waals surface area contributed by atoms with Crippen LogP contribution < -0.4 is 5.56 Å². The number of ketones is 1. The Morgan fingerprint density at radius 1 is 0.935 bits per heavy atom. The van der Waals surface area contributed by atoms with Crippen molar-refractivity contribution >= 4 is 15.8 Å². The summed E-state index contributed by atoms with van der Waals surface area (Å²) in [5.41, 5.74) is 1.37. The van der Waals surface area contributed by atoms with Gasteiger partial charge < -0.3 is 4.57 Å². The topological polar surface area (TPSA) is 76.5 Å². The first-order valence-electron chi connectivity index (χ1n) is 9.94. The van der Waals surface area contributed by atoms with E-state index in [1.165, 1.54) is 34.8 Å². The van der Waals surface area contributed by atoms with Crippen molar-refractivity contribution in [1.29, 1.82) is 0 Å². The maximum atomic E-state index is 13.4. The molecular weight excluding hydrogens is 419 g/mol. The Bertz CT molecular complexity index is 1280.